The van der Waals surface area contributed by atoms with Crippen LogP contribution in [0.1, 0.15) is 27.2 Å². The standard InChI is InChI=1S/C12H26N2O2/c1-12(2,3)11(13)4-5-14-6-7-16-9-10(14)8-15/h10-11,15H,4-9,13H2,1-3H3. The van der Waals surface area contributed by atoms with Crippen molar-refractivity contribution < 1.29 is 9.84 Å². The third kappa shape index (κ3) is 4.01. The minimum absolute atomic E-state index is 0.154. The number of nitrogens with two attached hydrogens (primary N) is 1. The average Bonchev–Trinajstić information content (AvgIpc) is 2.24. The zero-order valence-corrected chi connectivity index (χ0v) is 10.8. The van der Waals surface area contributed by atoms with Crippen molar-refractivity contribution in [2.75, 3.05) is 32.9 Å². The molecule has 4 heteroatoms. The van der Waals surface area contributed by atoms with Crippen LogP contribution in [0.5, 0.6) is 0 Å². The monoisotopic (exact) mass is 230 g/mol. The molecule has 2 unspecified atom stereocenters. The summed E-state index contributed by atoms with van der Waals surface area (Å²) in [6.45, 7) is 9.93. The van der Waals surface area contributed by atoms with Gasteiger partial charge in [-0.1, -0.05) is 20.8 Å². The summed E-state index contributed by atoms with van der Waals surface area (Å²) in [5, 5.41) is 9.23. The van der Waals surface area contributed by atoms with Crippen LogP contribution in [0, 0.1) is 5.41 Å². The van der Waals surface area contributed by atoms with Gasteiger partial charge in [-0.25, -0.2) is 0 Å². The lowest BCUT2D eigenvalue weighted by Gasteiger charge is -2.36. The summed E-state index contributed by atoms with van der Waals surface area (Å²) < 4.78 is 5.34. The zero-order valence-electron chi connectivity index (χ0n) is 10.8. The van der Waals surface area contributed by atoms with Gasteiger partial charge in [0, 0.05) is 19.1 Å². The van der Waals surface area contributed by atoms with Gasteiger partial charge in [0.1, 0.15) is 0 Å². The molecule has 1 aliphatic heterocycles. The average molecular weight is 230 g/mol. The number of aliphatic hydroxyl groups excluding tert-OH is 1. The molecule has 2 atom stereocenters. The Morgan fingerprint density at radius 1 is 1.50 bits per heavy atom. The van der Waals surface area contributed by atoms with Gasteiger partial charge in [0.15, 0.2) is 0 Å². The fourth-order valence-electron chi connectivity index (χ4n) is 1.89. The molecular formula is C12H26N2O2. The highest BCUT2D eigenvalue weighted by molar-refractivity contribution is 4.81. The maximum absolute atomic E-state index is 9.23. The topological polar surface area (TPSA) is 58.7 Å². The van der Waals surface area contributed by atoms with Crippen molar-refractivity contribution in [3.05, 3.63) is 0 Å². The van der Waals surface area contributed by atoms with Gasteiger partial charge in [-0.05, 0) is 11.8 Å². The molecule has 16 heavy (non-hydrogen) atoms. The lowest BCUT2D eigenvalue weighted by atomic mass is 9.85. The van der Waals surface area contributed by atoms with Gasteiger partial charge in [0.25, 0.3) is 0 Å². The minimum Gasteiger partial charge on any atom is -0.395 e. The third-order valence-electron chi connectivity index (χ3n) is 3.40. The van der Waals surface area contributed by atoms with Crippen LogP contribution in [0.25, 0.3) is 0 Å². The van der Waals surface area contributed by atoms with E-state index in [1.54, 1.807) is 0 Å². The van der Waals surface area contributed by atoms with Crippen LogP contribution in [0.2, 0.25) is 0 Å². The molecule has 0 bridgehead atoms. The molecule has 0 spiro atoms. The van der Waals surface area contributed by atoms with Crippen LogP contribution < -0.4 is 5.73 Å². The fourth-order valence-corrected chi connectivity index (χ4v) is 1.89. The smallest absolute Gasteiger partial charge is 0.0644 e. The van der Waals surface area contributed by atoms with E-state index >= 15 is 0 Å². The second-order valence-electron chi connectivity index (χ2n) is 5.71. The van der Waals surface area contributed by atoms with E-state index < -0.39 is 0 Å². The van der Waals surface area contributed by atoms with E-state index in [9.17, 15) is 5.11 Å². The van der Waals surface area contributed by atoms with Crippen molar-refractivity contribution in [2.24, 2.45) is 11.1 Å². The Balaban J connectivity index is 2.35. The van der Waals surface area contributed by atoms with Crippen molar-refractivity contribution in [3.8, 4) is 0 Å². The first-order valence-corrected chi connectivity index (χ1v) is 6.13. The summed E-state index contributed by atoms with van der Waals surface area (Å²) >= 11 is 0. The van der Waals surface area contributed by atoms with E-state index in [-0.39, 0.29) is 24.1 Å². The van der Waals surface area contributed by atoms with E-state index in [0.717, 1.165) is 26.1 Å². The molecule has 0 aromatic heterocycles. The Morgan fingerprint density at radius 2 is 2.19 bits per heavy atom. The summed E-state index contributed by atoms with van der Waals surface area (Å²) in [5.41, 5.74) is 6.29. The molecule has 1 rings (SSSR count). The Kier molecular flexibility index (Phi) is 5.18. The van der Waals surface area contributed by atoms with Crippen LogP contribution in [0.3, 0.4) is 0 Å². The lowest BCUT2D eigenvalue weighted by molar-refractivity contribution is -0.0292. The Labute approximate surface area is 98.8 Å². The molecule has 1 fully saturated rings. The summed E-state index contributed by atoms with van der Waals surface area (Å²) in [7, 11) is 0. The Bertz CT molecular complexity index is 204. The van der Waals surface area contributed by atoms with Crippen molar-refractivity contribution >= 4 is 0 Å². The van der Waals surface area contributed by atoms with E-state index in [1.165, 1.54) is 0 Å². The maximum Gasteiger partial charge on any atom is 0.0644 e. The molecule has 0 radical (unpaired) electrons. The second kappa shape index (κ2) is 5.96. The van der Waals surface area contributed by atoms with E-state index in [2.05, 4.69) is 25.7 Å². The van der Waals surface area contributed by atoms with Crippen LogP contribution in [0.15, 0.2) is 0 Å². The highest BCUT2D eigenvalue weighted by Gasteiger charge is 2.25. The van der Waals surface area contributed by atoms with Crippen molar-refractivity contribution in [3.63, 3.8) is 0 Å². The highest BCUT2D eigenvalue weighted by Crippen LogP contribution is 2.20. The van der Waals surface area contributed by atoms with Crippen LogP contribution in [-0.2, 0) is 4.74 Å². The largest absolute Gasteiger partial charge is 0.395 e. The number of hydrogen-bond acceptors (Lipinski definition) is 4. The van der Waals surface area contributed by atoms with Gasteiger partial charge >= 0.3 is 0 Å². The zero-order chi connectivity index (χ0) is 12.2. The van der Waals surface area contributed by atoms with E-state index in [1.807, 2.05) is 0 Å². The van der Waals surface area contributed by atoms with Gasteiger partial charge in [0.05, 0.1) is 25.9 Å². The predicted octanol–water partition coefficient (Wildman–Crippen LogP) is 0.443. The third-order valence-corrected chi connectivity index (χ3v) is 3.40. The number of hydrogen-bond donors (Lipinski definition) is 2. The predicted molar refractivity (Wildman–Crippen MR) is 65.3 cm³/mol. The van der Waals surface area contributed by atoms with Crippen LogP contribution in [-0.4, -0.2) is 55.0 Å². The second-order valence-corrected chi connectivity index (χ2v) is 5.71. The number of ether oxygens (including phenoxy) is 1. The quantitative estimate of drug-likeness (QED) is 0.736. The number of aliphatic hydroxyl groups is 1. The van der Waals surface area contributed by atoms with Crippen molar-refractivity contribution in [2.45, 2.75) is 39.3 Å². The molecule has 0 aromatic rings. The first kappa shape index (κ1) is 13.9. The van der Waals surface area contributed by atoms with Gasteiger partial charge < -0.3 is 15.6 Å². The fraction of sp³-hybridized carbons (Fsp3) is 1.00. The molecule has 3 N–H and O–H groups in total. The van der Waals surface area contributed by atoms with Crippen molar-refractivity contribution in [1.29, 1.82) is 0 Å². The van der Waals surface area contributed by atoms with Crippen LogP contribution >= 0.6 is 0 Å². The van der Waals surface area contributed by atoms with Gasteiger partial charge in [-0.15, -0.1) is 0 Å². The summed E-state index contributed by atoms with van der Waals surface area (Å²) in [6, 6.07) is 0.357. The van der Waals surface area contributed by atoms with Gasteiger partial charge in [-0.3, -0.25) is 4.90 Å². The van der Waals surface area contributed by atoms with Crippen molar-refractivity contribution in [1.82, 2.24) is 4.90 Å². The minimum atomic E-state index is 0.154. The van der Waals surface area contributed by atoms with E-state index in [4.69, 9.17) is 10.5 Å². The van der Waals surface area contributed by atoms with E-state index in [0.29, 0.717) is 6.61 Å². The lowest BCUT2D eigenvalue weighted by Crippen LogP contribution is -2.49. The molecule has 1 heterocycles. The summed E-state index contributed by atoms with van der Waals surface area (Å²) in [6.07, 6.45) is 0.972. The molecular weight excluding hydrogens is 204 g/mol. The normalized spacial score (nSPS) is 25.7. The number of rotatable bonds is 4. The maximum atomic E-state index is 9.23. The molecule has 0 saturated carbocycles. The molecule has 1 aliphatic rings. The molecule has 1 saturated heterocycles. The van der Waals surface area contributed by atoms with Gasteiger partial charge in [-0.2, -0.15) is 0 Å². The van der Waals surface area contributed by atoms with Gasteiger partial charge in [0.2, 0.25) is 0 Å². The summed E-state index contributed by atoms with van der Waals surface area (Å²) in [4.78, 5) is 2.29. The Hall–Kier alpha value is -0.160. The number of morpholine rings is 1. The molecule has 0 aromatic carbocycles. The molecule has 0 aliphatic carbocycles. The number of nitrogens with zero attached hydrogens (tertiary/aromatic N) is 1. The molecule has 96 valence electrons. The first-order chi connectivity index (χ1) is 7.45. The molecule has 0 amide bonds. The Morgan fingerprint density at radius 3 is 2.75 bits per heavy atom. The molecule has 4 nitrogen and oxygen atoms in total. The SMILES string of the molecule is CC(C)(C)C(N)CCN1CCOCC1CO. The first-order valence-electron chi connectivity index (χ1n) is 6.13. The highest BCUT2D eigenvalue weighted by atomic mass is 16.5. The summed E-state index contributed by atoms with van der Waals surface area (Å²) in [5.74, 6) is 0. The van der Waals surface area contributed by atoms with Crippen LogP contribution in [0.4, 0.5) is 0 Å².